The van der Waals surface area contributed by atoms with Crippen molar-refractivity contribution in [2.45, 2.75) is 13.5 Å². The van der Waals surface area contributed by atoms with Crippen molar-refractivity contribution < 1.29 is 14.0 Å². The Morgan fingerprint density at radius 3 is 2.56 bits per heavy atom. The minimum absolute atomic E-state index is 0.0430. The molecule has 0 radical (unpaired) electrons. The lowest BCUT2D eigenvalue weighted by molar-refractivity contribution is -0.114. The number of nitrogens with one attached hydrogen (secondary N) is 2. The van der Waals surface area contributed by atoms with Gasteiger partial charge in [0, 0.05) is 23.0 Å². The van der Waals surface area contributed by atoms with Crippen LogP contribution >= 0.6 is 15.9 Å². The van der Waals surface area contributed by atoms with E-state index in [1.165, 1.54) is 19.1 Å². The first-order valence-corrected chi connectivity index (χ1v) is 8.86. The molecular weight excluding hydrogens is 415 g/mol. The van der Waals surface area contributed by atoms with Crippen LogP contribution in [-0.2, 0) is 11.3 Å². The number of carbonyl (C=O) groups excluding carboxylic acids is 2. The van der Waals surface area contributed by atoms with Crippen LogP contribution in [0.4, 0.5) is 15.9 Å². The van der Waals surface area contributed by atoms with Gasteiger partial charge in [0.15, 0.2) is 0 Å². The monoisotopic (exact) mass is 430 g/mol. The molecule has 2 aromatic carbocycles. The molecule has 0 bridgehead atoms. The van der Waals surface area contributed by atoms with Gasteiger partial charge in [0.05, 0.1) is 18.4 Å². The van der Waals surface area contributed by atoms with E-state index in [9.17, 15) is 14.0 Å². The molecule has 8 heteroatoms. The highest BCUT2D eigenvalue weighted by Crippen LogP contribution is 2.18. The second-order valence-corrected chi connectivity index (χ2v) is 6.75. The molecule has 138 valence electrons. The quantitative estimate of drug-likeness (QED) is 0.640. The lowest BCUT2D eigenvalue weighted by atomic mass is 10.1. The first-order valence-electron chi connectivity index (χ1n) is 8.07. The SMILES string of the molecule is CC(=O)Nc1cc(C(=O)Nc2ccnn2Cc2ccc(Br)cc2)ccc1F. The zero-order chi connectivity index (χ0) is 19.4. The van der Waals surface area contributed by atoms with E-state index in [0.717, 1.165) is 16.1 Å². The first-order chi connectivity index (χ1) is 12.9. The molecule has 0 fully saturated rings. The average molecular weight is 431 g/mol. The van der Waals surface area contributed by atoms with Gasteiger partial charge in [-0.05, 0) is 35.9 Å². The summed E-state index contributed by atoms with van der Waals surface area (Å²) in [7, 11) is 0. The smallest absolute Gasteiger partial charge is 0.256 e. The third kappa shape index (κ3) is 4.79. The summed E-state index contributed by atoms with van der Waals surface area (Å²) >= 11 is 3.39. The van der Waals surface area contributed by atoms with Gasteiger partial charge in [-0.3, -0.25) is 9.59 Å². The number of aromatic nitrogens is 2. The van der Waals surface area contributed by atoms with Gasteiger partial charge in [0.25, 0.3) is 5.91 Å². The summed E-state index contributed by atoms with van der Waals surface area (Å²) in [5.74, 6) is -0.950. The second-order valence-electron chi connectivity index (χ2n) is 5.83. The number of amides is 2. The summed E-state index contributed by atoms with van der Waals surface area (Å²) in [6, 6.07) is 13.2. The number of benzene rings is 2. The highest BCUT2D eigenvalue weighted by Gasteiger charge is 2.13. The van der Waals surface area contributed by atoms with E-state index in [0.29, 0.717) is 12.4 Å². The average Bonchev–Trinajstić information content (AvgIpc) is 3.05. The molecule has 0 atom stereocenters. The van der Waals surface area contributed by atoms with Crippen LogP contribution in [0.25, 0.3) is 0 Å². The predicted molar refractivity (Wildman–Crippen MR) is 104 cm³/mol. The van der Waals surface area contributed by atoms with Crippen LogP contribution < -0.4 is 10.6 Å². The van der Waals surface area contributed by atoms with Gasteiger partial charge < -0.3 is 10.6 Å². The van der Waals surface area contributed by atoms with Crippen LogP contribution in [0.5, 0.6) is 0 Å². The van der Waals surface area contributed by atoms with Gasteiger partial charge in [-0.2, -0.15) is 5.10 Å². The van der Waals surface area contributed by atoms with Crippen molar-refractivity contribution in [3.05, 3.63) is 76.1 Å². The van der Waals surface area contributed by atoms with Crippen molar-refractivity contribution in [1.82, 2.24) is 9.78 Å². The van der Waals surface area contributed by atoms with Crippen LogP contribution in [0.15, 0.2) is 59.2 Å². The Hall–Kier alpha value is -3.00. The fourth-order valence-electron chi connectivity index (χ4n) is 2.47. The first kappa shape index (κ1) is 18.8. The lowest BCUT2D eigenvalue weighted by Crippen LogP contribution is -2.17. The Bertz CT molecular complexity index is 986. The van der Waals surface area contributed by atoms with Gasteiger partial charge in [0.1, 0.15) is 11.6 Å². The normalized spacial score (nSPS) is 10.5. The summed E-state index contributed by atoms with van der Waals surface area (Å²) < 4.78 is 16.4. The predicted octanol–water partition coefficient (Wildman–Crippen LogP) is 4.04. The fourth-order valence-corrected chi connectivity index (χ4v) is 2.73. The van der Waals surface area contributed by atoms with E-state index in [4.69, 9.17) is 0 Å². The van der Waals surface area contributed by atoms with Gasteiger partial charge in [0.2, 0.25) is 5.91 Å². The maximum Gasteiger partial charge on any atom is 0.256 e. The van der Waals surface area contributed by atoms with Crippen LogP contribution in [-0.4, -0.2) is 21.6 Å². The van der Waals surface area contributed by atoms with E-state index in [1.807, 2.05) is 24.3 Å². The number of nitrogens with zero attached hydrogens (tertiary/aromatic N) is 2. The zero-order valence-electron chi connectivity index (χ0n) is 14.4. The molecule has 0 spiro atoms. The van der Waals surface area contributed by atoms with E-state index in [1.54, 1.807) is 16.9 Å². The van der Waals surface area contributed by atoms with Crippen LogP contribution in [0.3, 0.4) is 0 Å². The topological polar surface area (TPSA) is 76.0 Å². The molecule has 6 nitrogen and oxygen atoms in total. The standard InChI is InChI=1S/C19H16BrFN4O2/c1-12(26)23-17-10-14(4-7-16(17)21)19(27)24-18-8-9-22-25(18)11-13-2-5-15(20)6-3-13/h2-10H,11H2,1H3,(H,23,26)(H,24,27). The molecule has 2 amide bonds. The second kappa shape index (κ2) is 8.13. The molecule has 0 saturated carbocycles. The van der Waals surface area contributed by atoms with Gasteiger partial charge in [-0.15, -0.1) is 0 Å². The highest BCUT2D eigenvalue weighted by molar-refractivity contribution is 9.10. The Morgan fingerprint density at radius 1 is 1.11 bits per heavy atom. The largest absolute Gasteiger partial charge is 0.324 e. The molecule has 0 saturated heterocycles. The van der Waals surface area contributed by atoms with Crippen molar-refractivity contribution >= 4 is 39.2 Å². The lowest BCUT2D eigenvalue weighted by Gasteiger charge is -2.11. The van der Waals surface area contributed by atoms with Crippen LogP contribution in [0, 0.1) is 5.82 Å². The van der Waals surface area contributed by atoms with Gasteiger partial charge in [-0.1, -0.05) is 28.1 Å². The Balaban J connectivity index is 1.76. The van der Waals surface area contributed by atoms with Crippen LogP contribution in [0.1, 0.15) is 22.8 Å². The molecule has 2 N–H and O–H groups in total. The molecular formula is C19H16BrFN4O2. The van der Waals surface area contributed by atoms with Crippen molar-refractivity contribution in [1.29, 1.82) is 0 Å². The summed E-state index contributed by atoms with van der Waals surface area (Å²) in [6.45, 7) is 1.75. The number of hydrogen-bond acceptors (Lipinski definition) is 3. The summed E-state index contributed by atoms with van der Waals surface area (Å²) in [5.41, 5.74) is 1.20. The van der Waals surface area contributed by atoms with Gasteiger partial charge in [-0.25, -0.2) is 9.07 Å². The van der Waals surface area contributed by atoms with Crippen LogP contribution in [0.2, 0.25) is 0 Å². The van der Waals surface area contributed by atoms with E-state index >= 15 is 0 Å². The maximum absolute atomic E-state index is 13.7. The minimum Gasteiger partial charge on any atom is -0.324 e. The Morgan fingerprint density at radius 2 is 1.85 bits per heavy atom. The number of rotatable bonds is 5. The number of anilines is 2. The molecule has 1 aromatic heterocycles. The number of carbonyl (C=O) groups is 2. The molecule has 3 aromatic rings. The molecule has 0 aliphatic heterocycles. The molecule has 27 heavy (non-hydrogen) atoms. The number of halogens is 2. The van der Waals surface area contributed by atoms with Crippen molar-refractivity contribution in [2.24, 2.45) is 0 Å². The van der Waals surface area contributed by atoms with E-state index in [2.05, 4.69) is 31.7 Å². The van der Waals surface area contributed by atoms with E-state index < -0.39 is 17.6 Å². The molecule has 0 aliphatic carbocycles. The molecule has 0 unspecified atom stereocenters. The Labute approximate surface area is 163 Å². The summed E-state index contributed by atoms with van der Waals surface area (Å²) in [4.78, 5) is 23.7. The minimum atomic E-state index is -0.609. The zero-order valence-corrected chi connectivity index (χ0v) is 16.0. The van der Waals surface area contributed by atoms with Crippen molar-refractivity contribution in [3.63, 3.8) is 0 Å². The highest BCUT2D eigenvalue weighted by atomic mass is 79.9. The third-order valence-electron chi connectivity index (χ3n) is 3.74. The fraction of sp³-hybridized carbons (Fsp3) is 0.105. The summed E-state index contributed by atoms with van der Waals surface area (Å²) in [5, 5.41) is 9.34. The van der Waals surface area contributed by atoms with Crippen molar-refractivity contribution in [2.75, 3.05) is 10.6 Å². The number of hydrogen-bond donors (Lipinski definition) is 2. The molecule has 3 rings (SSSR count). The maximum atomic E-state index is 13.7. The van der Waals surface area contributed by atoms with Gasteiger partial charge >= 0.3 is 0 Å². The molecule has 0 aliphatic rings. The third-order valence-corrected chi connectivity index (χ3v) is 4.27. The van der Waals surface area contributed by atoms with Crippen molar-refractivity contribution in [3.8, 4) is 0 Å². The Kier molecular flexibility index (Phi) is 5.66. The van der Waals surface area contributed by atoms with E-state index in [-0.39, 0.29) is 11.3 Å². The summed E-state index contributed by atoms with van der Waals surface area (Å²) in [6.07, 6.45) is 1.59. The molecule has 1 heterocycles.